The van der Waals surface area contributed by atoms with Crippen molar-refractivity contribution in [3.63, 3.8) is 0 Å². The monoisotopic (exact) mass is 176 g/mol. The molecule has 0 aliphatic heterocycles. The second-order valence-corrected chi connectivity index (χ2v) is 2.87. The van der Waals surface area contributed by atoms with Crippen LogP contribution in [0.5, 0.6) is 0 Å². The number of nitrogens with zero attached hydrogens (tertiary/aromatic N) is 1. The van der Waals surface area contributed by atoms with Crippen LogP contribution in [-0.2, 0) is 6.54 Å². The summed E-state index contributed by atoms with van der Waals surface area (Å²) in [6.45, 7) is 0.346. The summed E-state index contributed by atoms with van der Waals surface area (Å²) >= 11 is 0. The summed E-state index contributed by atoms with van der Waals surface area (Å²) in [6, 6.07) is 4.76. The molecule has 0 amide bonds. The number of hydrogen-bond acceptors (Lipinski definition) is 2. The van der Waals surface area contributed by atoms with Crippen molar-refractivity contribution in [1.82, 2.24) is 4.98 Å². The van der Waals surface area contributed by atoms with Gasteiger partial charge in [-0.1, -0.05) is 0 Å². The van der Waals surface area contributed by atoms with Gasteiger partial charge in [-0.05, 0) is 29.1 Å². The number of nitrogens with two attached hydrogens (primary N) is 1. The van der Waals surface area contributed by atoms with Gasteiger partial charge in [-0.25, -0.2) is 4.39 Å². The van der Waals surface area contributed by atoms with E-state index in [2.05, 4.69) is 4.98 Å². The Labute approximate surface area is 75.2 Å². The van der Waals surface area contributed by atoms with Crippen LogP contribution in [0.3, 0.4) is 0 Å². The predicted octanol–water partition coefficient (Wildman–Crippen LogP) is 1.83. The van der Waals surface area contributed by atoms with Crippen LogP contribution in [-0.4, -0.2) is 4.98 Å². The molecule has 0 saturated carbocycles. The lowest BCUT2D eigenvalue weighted by Gasteiger charge is -2.03. The van der Waals surface area contributed by atoms with Crippen molar-refractivity contribution in [2.75, 3.05) is 0 Å². The summed E-state index contributed by atoms with van der Waals surface area (Å²) in [5.74, 6) is -0.263. The van der Waals surface area contributed by atoms with Crippen LogP contribution in [0.2, 0.25) is 0 Å². The second kappa shape index (κ2) is 3.11. The number of rotatable bonds is 1. The summed E-state index contributed by atoms with van der Waals surface area (Å²) in [5.41, 5.74) is 6.31. The molecule has 0 saturated heterocycles. The molecular weight excluding hydrogens is 167 g/mol. The van der Waals surface area contributed by atoms with Crippen LogP contribution < -0.4 is 5.73 Å². The van der Waals surface area contributed by atoms with Gasteiger partial charge in [0.15, 0.2) is 0 Å². The average Bonchev–Trinajstić information content (AvgIpc) is 2.16. The van der Waals surface area contributed by atoms with Gasteiger partial charge in [0, 0.05) is 24.3 Å². The molecule has 0 spiro atoms. The zero-order valence-electron chi connectivity index (χ0n) is 7.00. The Hall–Kier alpha value is -1.48. The Balaban J connectivity index is 2.81. The summed E-state index contributed by atoms with van der Waals surface area (Å²) in [4.78, 5) is 3.92. The van der Waals surface area contributed by atoms with Crippen LogP contribution in [0.1, 0.15) is 5.56 Å². The number of halogens is 1. The van der Waals surface area contributed by atoms with Crippen molar-refractivity contribution in [3.8, 4) is 0 Å². The van der Waals surface area contributed by atoms with E-state index in [1.54, 1.807) is 12.4 Å². The molecule has 0 radical (unpaired) electrons. The molecule has 0 atom stereocenters. The number of pyridine rings is 1. The number of fused-ring (bicyclic) bond motifs is 1. The lowest BCUT2D eigenvalue weighted by atomic mass is 10.1. The van der Waals surface area contributed by atoms with Gasteiger partial charge in [0.1, 0.15) is 5.82 Å². The molecule has 1 aromatic heterocycles. The number of hydrogen-bond donors (Lipinski definition) is 1. The highest BCUT2D eigenvalue weighted by Crippen LogP contribution is 2.18. The molecule has 1 aromatic carbocycles. The third-order valence-corrected chi connectivity index (χ3v) is 2.02. The first-order chi connectivity index (χ1) is 6.31. The van der Waals surface area contributed by atoms with E-state index >= 15 is 0 Å². The van der Waals surface area contributed by atoms with Gasteiger partial charge in [0.05, 0.1) is 0 Å². The lowest BCUT2D eigenvalue weighted by molar-refractivity contribution is 0.627. The fraction of sp³-hybridized carbons (Fsp3) is 0.100. The molecule has 0 unspecified atom stereocenters. The second-order valence-electron chi connectivity index (χ2n) is 2.87. The standard InChI is InChI=1S/C10H9FN2/c11-9-3-7(5-12)10-1-2-13-6-8(10)4-9/h1-4,6H,5,12H2. The van der Waals surface area contributed by atoms with Crippen LogP contribution in [0.15, 0.2) is 30.6 Å². The third kappa shape index (κ3) is 1.38. The maximum Gasteiger partial charge on any atom is 0.124 e. The highest BCUT2D eigenvalue weighted by molar-refractivity contribution is 5.84. The molecule has 1 heterocycles. The average molecular weight is 176 g/mol. The number of aromatic nitrogens is 1. The minimum atomic E-state index is -0.263. The van der Waals surface area contributed by atoms with Gasteiger partial charge in [0.2, 0.25) is 0 Å². The summed E-state index contributed by atoms with van der Waals surface area (Å²) in [6.07, 6.45) is 3.32. The third-order valence-electron chi connectivity index (χ3n) is 2.02. The molecule has 66 valence electrons. The number of benzene rings is 1. The predicted molar refractivity (Wildman–Crippen MR) is 49.6 cm³/mol. The van der Waals surface area contributed by atoms with Crippen LogP contribution >= 0.6 is 0 Å². The van der Waals surface area contributed by atoms with E-state index in [1.807, 2.05) is 6.07 Å². The van der Waals surface area contributed by atoms with Gasteiger partial charge < -0.3 is 5.73 Å². The zero-order valence-corrected chi connectivity index (χ0v) is 7.00. The first-order valence-corrected chi connectivity index (χ1v) is 4.03. The smallest absolute Gasteiger partial charge is 0.124 e. The van der Waals surface area contributed by atoms with E-state index in [4.69, 9.17) is 5.73 Å². The minimum Gasteiger partial charge on any atom is -0.326 e. The van der Waals surface area contributed by atoms with E-state index in [0.717, 1.165) is 16.3 Å². The summed E-state index contributed by atoms with van der Waals surface area (Å²) in [7, 11) is 0. The first kappa shape index (κ1) is 8.13. The highest BCUT2D eigenvalue weighted by Gasteiger charge is 2.01. The molecule has 0 bridgehead atoms. The Morgan fingerprint density at radius 2 is 2.23 bits per heavy atom. The molecule has 3 heteroatoms. The van der Waals surface area contributed by atoms with Gasteiger partial charge in [0.25, 0.3) is 0 Å². The Morgan fingerprint density at radius 1 is 1.38 bits per heavy atom. The SMILES string of the molecule is NCc1cc(F)cc2cnccc12. The van der Waals surface area contributed by atoms with Gasteiger partial charge in [-0.3, -0.25) is 4.98 Å². The zero-order chi connectivity index (χ0) is 9.26. The first-order valence-electron chi connectivity index (χ1n) is 4.03. The molecule has 0 fully saturated rings. The van der Waals surface area contributed by atoms with Crippen molar-refractivity contribution in [2.24, 2.45) is 5.73 Å². The van der Waals surface area contributed by atoms with Crippen molar-refractivity contribution >= 4 is 10.8 Å². The van der Waals surface area contributed by atoms with E-state index in [-0.39, 0.29) is 5.82 Å². The molecule has 2 aromatic rings. The van der Waals surface area contributed by atoms with E-state index < -0.39 is 0 Å². The summed E-state index contributed by atoms with van der Waals surface area (Å²) in [5, 5.41) is 1.77. The van der Waals surface area contributed by atoms with Gasteiger partial charge in [-0.15, -0.1) is 0 Å². The largest absolute Gasteiger partial charge is 0.326 e. The fourth-order valence-corrected chi connectivity index (χ4v) is 1.42. The van der Waals surface area contributed by atoms with Crippen molar-refractivity contribution < 1.29 is 4.39 Å². The minimum absolute atomic E-state index is 0.263. The van der Waals surface area contributed by atoms with Crippen LogP contribution in [0.4, 0.5) is 4.39 Å². The Morgan fingerprint density at radius 3 is 3.00 bits per heavy atom. The van der Waals surface area contributed by atoms with Crippen molar-refractivity contribution in [2.45, 2.75) is 6.54 Å². The van der Waals surface area contributed by atoms with Crippen molar-refractivity contribution in [3.05, 3.63) is 42.0 Å². The van der Waals surface area contributed by atoms with Gasteiger partial charge in [-0.2, -0.15) is 0 Å². The topological polar surface area (TPSA) is 38.9 Å². The Kier molecular flexibility index (Phi) is 1.94. The maximum absolute atomic E-state index is 13.0. The molecule has 0 aliphatic carbocycles. The highest BCUT2D eigenvalue weighted by atomic mass is 19.1. The molecular formula is C10H9FN2. The van der Waals surface area contributed by atoms with Crippen LogP contribution in [0, 0.1) is 5.82 Å². The molecule has 2 rings (SSSR count). The van der Waals surface area contributed by atoms with E-state index in [9.17, 15) is 4.39 Å². The normalized spacial score (nSPS) is 10.6. The Bertz CT molecular complexity index is 440. The van der Waals surface area contributed by atoms with E-state index in [0.29, 0.717) is 6.54 Å². The lowest BCUT2D eigenvalue weighted by Crippen LogP contribution is -1.98. The summed E-state index contributed by atoms with van der Waals surface area (Å²) < 4.78 is 13.0. The molecule has 2 nitrogen and oxygen atoms in total. The fourth-order valence-electron chi connectivity index (χ4n) is 1.42. The van der Waals surface area contributed by atoms with Gasteiger partial charge >= 0.3 is 0 Å². The molecule has 0 aliphatic rings. The van der Waals surface area contributed by atoms with Crippen molar-refractivity contribution in [1.29, 1.82) is 0 Å². The maximum atomic E-state index is 13.0. The van der Waals surface area contributed by atoms with E-state index in [1.165, 1.54) is 12.1 Å². The molecule has 2 N–H and O–H groups in total. The molecule has 13 heavy (non-hydrogen) atoms. The van der Waals surface area contributed by atoms with Crippen LogP contribution in [0.25, 0.3) is 10.8 Å². The quantitative estimate of drug-likeness (QED) is 0.720.